The Morgan fingerprint density at radius 1 is 1.43 bits per heavy atom. The quantitative estimate of drug-likeness (QED) is 0.416. The van der Waals surface area contributed by atoms with Crippen molar-refractivity contribution >= 4 is 8.69 Å². The molecule has 7 heavy (non-hydrogen) atoms. The molecule has 0 fully saturated rings. The molecule has 0 aliphatic carbocycles. The first-order chi connectivity index (χ1) is 3.15. The Labute approximate surface area is 50.2 Å². The van der Waals surface area contributed by atoms with Crippen LogP contribution in [0.5, 0.6) is 0 Å². The van der Waals surface area contributed by atoms with Gasteiger partial charge in [-0.2, -0.15) is 0 Å². The topological polar surface area (TPSA) is 94.8 Å². The molecule has 0 saturated carbocycles. The van der Waals surface area contributed by atoms with Crippen LogP contribution in [0.2, 0.25) is 0 Å². The summed E-state index contributed by atoms with van der Waals surface area (Å²) in [6, 6.07) is 0. The van der Waals surface area contributed by atoms with E-state index in [0.29, 0.717) is 0 Å². The molecule has 1 atom stereocenters. The molecule has 0 aromatic carbocycles. The average Bonchev–Trinajstić information content (AvgIpc) is 1.33. The molecule has 0 rings (SSSR count). The van der Waals surface area contributed by atoms with Gasteiger partial charge in [-0.1, -0.05) is 0 Å². The van der Waals surface area contributed by atoms with Crippen molar-refractivity contribution in [2.45, 2.75) is 0 Å². The third-order valence-corrected chi connectivity index (χ3v) is 0. The molecule has 0 amide bonds. The van der Waals surface area contributed by atoms with E-state index >= 15 is 0 Å². The van der Waals surface area contributed by atoms with Gasteiger partial charge in [-0.3, -0.25) is 4.57 Å². The molecule has 44 valence electrons. The molecular weight excluding hydrogens is 202 g/mol. The minimum absolute atomic E-state index is 1.50. The summed E-state index contributed by atoms with van der Waals surface area (Å²) >= 11 is -3.79. The van der Waals surface area contributed by atoms with E-state index in [-0.39, 0.29) is 0 Å². The number of hydrogen-bond donors (Lipinski definition) is 3. The summed E-state index contributed by atoms with van der Waals surface area (Å²) in [4.78, 5) is 7.10. The van der Waals surface area contributed by atoms with Crippen LogP contribution in [0.25, 0.3) is 0 Å². The zero-order chi connectivity index (χ0) is 6.28. The molecule has 0 aliphatic heterocycles. The molecule has 0 bridgehead atoms. The van der Waals surface area contributed by atoms with E-state index in [2.05, 4.69) is 0 Å². The van der Waals surface area contributed by atoms with Crippen LogP contribution < -0.4 is 0 Å². The van der Waals surface area contributed by atoms with Crippen LogP contribution in [-0.2, 0) is 30.0 Å². The van der Waals surface area contributed by atoms with Gasteiger partial charge in [0.15, 0.2) is 8.69 Å². The van der Waals surface area contributed by atoms with E-state index in [1.165, 1.54) is 0 Å². The Kier molecular flexibility index (Phi) is 15.2. The second-order valence-electron chi connectivity index (χ2n) is 0.388. The summed E-state index contributed by atoms with van der Waals surface area (Å²) in [6.45, 7) is 0. The molecule has 0 aliphatic rings. The van der Waals surface area contributed by atoms with Crippen molar-refractivity contribution < 1.29 is 41.3 Å². The van der Waals surface area contributed by atoms with E-state index in [4.69, 9.17) is 18.6 Å². The van der Waals surface area contributed by atoms with E-state index in [1.54, 1.807) is 0 Å². The molecule has 5 nitrogen and oxygen atoms in total. The van der Waals surface area contributed by atoms with Crippen molar-refractivity contribution in [3.63, 3.8) is 0 Å². The normalized spacial score (nSPS) is 7.86. The van der Waals surface area contributed by atoms with Crippen LogP contribution in [0.4, 0.5) is 0 Å². The van der Waals surface area contributed by atoms with Crippen molar-refractivity contribution in [3.05, 3.63) is 0 Å². The minimum atomic E-state index is -3.79. The molecule has 7 heteroatoms. The zero-order valence-corrected chi connectivity index (χ0v) is 6.85. The van der Waals surface area contributed by atoms with Crippen LogP contribution in [0, 0.1) is 0 Å². The van der Waals surface area contributed by atoms with Crippen molar-refractivity contribution in [1.29, 1.82) is 0 Å². The molecule has 0 aromatic rings. The van der Waals surface area contributed by atoms with Gasteiger partial charge in [0, 0.05) is 0 Å². The van der Waals surface area contributed by atoms with Gasteiger partial charge < -0.3 is 4.89 Å². The number of rotatable bonds is 0. The monoisotopic (exact) mass is 206 g/mol. The van der Waals surface area contributed by atoms with Crippen molar-refractivity contribution in [2.75, 3.05) is 0 Å². The summed E-state index contributed by atoms with van der Waals surface area (Å²) < 4.78 is 31.9. The van der Waals surface area contributed by atoms with Crippen molar-refractivity contribution in [3.8, 4) is 0 Å². The first-order valence-electron chi connectivity index (χ1n) is 1.15. The molecule has 0 radical (unpaired) electrons. The second-order valence-corrected chi connectivity index (χ2v) is 1.99. The van der Waals surface area contributed by atoms with E-state index < -0.39 is 31.3 Å². The van der Waals surface area contributed by atoms with Gasteiger partial charge in [0.05, 0.1) is 0 Å². The fourth-order valence-electron chi connectivity index (χ4n) is 0. The molecule has 0 aromatic heterocycles. The van der Waals surface area contributed by atoms with E-state index in [9.17, 15) is 0 Å². The van der Waals surface area contributed by atoms with Gasteiger partial charge in [0.2, 0.25) is 0 Å². The Morgan fingerprint density at radius 3 is 1.43 bits per heavy atom. The molecule has 1 unspecified atom stereocenters. The van der Waals surface area contributed by atoms with Crippen LogP contribution in [-0.4, -0.2) is 11.3 Å². The first-order valence-corrected chi connectivity index (χ1v) is 5.34. The molecule has 3 N–H and O–H groups in total. The van der Waals surface area contributed by atoms with Gasteiger partial charge in [-0.05, 0) is 0 Å². The summed E-state index contributed by atoms with van der Waals surface area (Å²) in [5.41, 5.74) is 0. The van der Waals surface area contributed by atoms with Crippen LogP contribution in [0.15, 0.2) is 0 Å². The van der Waals surface area contributed by atoms with Gasteiger partial charge in [0.25, 0.3) is 0 Å². The Balaban J connectivity index is 0. The van der Waals surface area contributed by atoms with E-state index in [1.807, 2.05) is 0 Å². The van der Waals surface area contributed by atoms with Gasteiger partial charge in [-0.25, -0.2) is 0 Å². The molecule has 0 saturated heterocycles. The van der Waals surface area contributed by atoms with Crippen LogP contribution in [0.1, 0.15) is 0 Å². The van der Waals surface area contributed by atoms with Crippen molar-refractivity contribution in [1.82, 2.24) is 0 Å². The Morgan fingerprint density at radius 2 is 1.43 bits per heavy atom. The Hall–Kier alpha value is 0.793. The van der Waals surface area contributed by atoms with Crippen molar-refractivity contribution in [2.24, 2.45) is 0 Å². The fraction of sp³-hybridized carbons (Fsp3) is 0. The molecular formula is H5O5PZr. The summed E-state index contributed by atoms with van der Waals surface area (Å²) in [7, 11) is -1.50. The third-order valence-electron chi connectivity index (χ3n) is 0. The van der Waals surface area contributed by atoms with Gasteiger partial charge >= 0.3 is 31.8 Å². The van der Waals surface area contributed by atoms with Gasteiger partial charge in [-0.15, -0.1) is 0 Å². The average molecular weight is 207 g/mol. The maximum absolute atomic E-state index is 8.84. The summed E-state index contributed by atoms with van der Waals surface area (Å²) in [6.07, 6.45) is 0. The summed E-state index contributed by atoms with van der Waals surface area (Å²) in [5, 5.41) is 0. The third kappa shape index (κ3) is 248. The standard InChI is InChI=1S/H3O2P.2H2O.O.Zr/c1-3-2;;;;/h3H2,(H,1,2);2*1H2;;/q;;;;+2/p-2. The van der Waals surface area contributed by atoms with Crippen LogP contribution >= 0.6 is 8.69 Å². The zero-order valence-electron chi connectivity index (χ0n) is 3.24. The van der Waals surface area contributed by atoms with E-state index in [0.717, 1.165) is 0 Å². The maximum atomic E-state index is 8.84. The molecule has 0 heterocycles. The molecule has 0 spiro atoms. The first kappa shape index (κ1) is 10.7. The predicted molar refractivity (Wildman–Crippen MR) is 17.7 cm³/mol. The van der Waals surface area contributed by atoms with Crippen LogP contribution in [0.3, 0.4) is 0 Å². The predicted octanol–water partition coefficient (Wildman–Crippen LogP) is -1.59. The van der Waals surface area contributed by atoms with Gasteiger partial charge in [0.1, 0.15) is 0 Å². The SMILES string of the molecule is O=[PH2]O.[O]=[Zr]([OH])[OH]. The summed E-state index contributed by atoms with van der Waals surface area (Å²) in [5.74, 6) is 0. The second kappa shape index (κ2) is 9.92. The Bertz CT molecular complexity index is 55.1. The number of hydrogen-bond acceptors (Lipinski definition) is 2. The fourth-order valence-corrected chi connectivity index (χ4v) is 0.